The van der Waals surface area contributed by atoms with Gasteiger partial charge in [0.05, 0.1) is 5.56 Å². The van der Waals surface area contributed by atoms with Gasteiger partial charge in [0, 0.05) is 10.6 Å². The molecule has 0 spiro atoms. The second-order valence-corrected chi connectivity index (χ2v) is 5.07. The van der Waals surface area contributed by atoms with Crippen molar-refractivity contribution in [3.8, 4) is 17.2 Å². The largest absolute Gasteiger partial charge is 0.507 e. The Kier molecular flexibility index (Phi) is 3.94. The minimum absolute atomic E-state index is 0.0523. The molecule has 1 aliphatic rings. The van der Waals surface area contributed by atoms with Crippen molar-refractivity contribution in [2.24, 2.45) is 0 Å². The van der Waals surface area contributed by atoms with E-state index in [4.69, 9.17) is 21.1 Å². The number of phenols is 1. The van der Waals surface area contributed by atoms with Gasteiger partial charge in [-0.15, -0.1) is 0 Å². The second kappa shape index (κ2) is 6.05. The topological polar surface area (TPSA) is 96.9 Å². The molecule has 7 nitrogen and oxygen atoms in total. The molecular formula is C15H11ClN2O5. The van der Waals surface area contributed by atoms with E-state index >= 15 is 0 Å². The molecule has 118 valence electrons. The molecule has 23 heavy (non-hydrogen) atoms. The van der Waals surface area contributed by atoms with Crippen LogP contribution in [0.1, 0.15) is 20.7 Å². The Morgan fingerprint density at radius 3 is 2.57 bits per heavy atom. The van der Waals surface area contributed by atoms with Gasteiger partial charge in [0.1, 0.15) is 5.75 Å². The monoisotopic (exact) mass is 334 g/mol. The highest BCUT2D eigenvalue weighted by Gasteiger charge is 2.17. The van der Waals surface area contributed by atoms with Crippen molar-refractivity contribution >= 4 is 23.4 Å². The Bertz CT molecular complexity index is 793. The molecule has 1 heterocycles. The van der Waals surface area contributed by atoms with E-state index in [1.165, 1.54) is 30.3 Å². The molecular weight excluding hydrogens is 324 g/mol. The van der Waals surface area contributed by atoms with E-state index in [2.05, 4.69) is 10.9 Å². The maximum atomic E-state index is 12.0. The molecule has 3 N–H and O–H groups in total. The van der Waals surface area contributed by atoms with Gasteiger partial charge in [-0.2, -0.15) is 0 Å². The first-order valence-electron chi connectivity index (χ1n) is 6.53. The molecule has 0 radical (unpaired) electrons. The fourth-order valence-corrected chi connectivity index (χ4v) is 2.15. The van der Waals surface area contributed by atoms with Crippen molar-refractivity contribution in [1.82, 2.24) is 10.9 Å². The zero-order chi connectivity index (χ0) is 16.4. The number of carbonyl (C=O) groups excluding carboxylic acids is 2. The number of carbonyl (C=O) groups is 2. The highest BCUT2D eigenvalue weighted by molar-refractivity contribution is 6.31. The molecule has 2 aromatic rings. The van der Waals surface area contributed by atoms with Crippen LogP contribution in [0.4, 0.5) is 0 Å². The normalized spacial score (nSPS) is 11.9. The van der Waals surface area contributed by atoms with Gasteiger partial charge in [-0.3, -0.25) is 20.4 Å². The Balaban J connectivity index is 1.67. The number of benzene rings is 2. The third kappa shape index (κ3) is 3.14. The molecule has 0 saturated heterocycles. The van der Waals surface area contributed by atoms with Gasteiger partial charge >= 0.3 is 0 Å². The number of aromatic hydroxyl groups is 1. The molecule has 3 rings (SSSR count). The van der Waals surface area contributed by atoms with Gasteiger partial charge in [0.2, 0.25) is 6.79 Å². The molecule has 0 aromatic heterocycles. The maximum absolute atomic E-state index is 12.0. The van der Waals surface area contributed by atoms with Gasteiger partial charge in [0.15, 0.2) is 11.5 Å². The summed E-state index contributed by atoms with van der Waals surface area (Å²) in [6.07, 6.45) is 0. The minimum atomic E-state index is -0.695. The van der Waals surface area contributed by atoms with Crippen molar-refractivity contribution in [3.63, 3.8) is 0 Å². The molecule has 0 atom stereocenters. The number of hydrogen-bond acceptors (Lipinski definition) is 5. The van der Waals surface area contributed by atoms with Gasteiger partial charge in [-0.25, -0.2) is 0 Å². The van der Waals surface area contributed by atoms with E-state index in [9.17, 15) is 14.7 Å². The highest BCUT2D eigenvalue weighted by Crippen LogP contribution is 2.32. The van der Waals surface area contributed by atoms with E-state index in [0.29, 0.717) is 11.5 Å². The Hall–Kier alpha value is -2.93. The lowest BCUT2D eigenvalue weighted by Crippen LogP contribution is -2.41. The minimum Gasteiger partial charge on any atom is -0.507 e. The molecule has 2 amide bonds. The summed E-state index contributed by atoms with van der Waals surface area (Å²) >= 11 is 5.77. The number of nitrogens with one attached hydrogen (secondary N) is 2. The summed E-state index contributed by atoms with van der Waals surface area (Å²) < 4.78 is 10.3. The van der Waals surface area contributed by atoms with Crippen LogP contribution in [-0.4, -0.2) is 23.7 Å². The van der Waals surface area contributed by atoms with Crippen molar-refractivity contribution in [3.05, 3.63) is 52.5 Å². The van der Waals surface area contributed by atoms with Gasteiger partial charge in [-0.1, -0.05) is 11.6 Å². The average Bonchev–Trinajstić information content (AvgIpc) is 3.02. The third-order valence-corrected chi connectivity index (χ3v) is 3.36. The SMILES string of the molecule is O=C(NNC(=O)c1cc(Cl)ccc1O)c1ccc2c(c1)OCO2. The zero-order valence-corrected chi connectivity index (χ0v) is 12.4. The molecule has 0 fully saturated rings. The second-order valence-electron chi connectivity index (χ2n) is 4.64. The van der Waals surface area contributed by atoms with Crippen LogP contribution >= 0.6 is 11.6 Å². The Labute approximate surface area is 135 Å². The number of hydrazine groups is 1. The number of rotatable bonds is 2. The first kappa shape index (κ1) is 15.0. The van der Waals surface area contributed by atoms with Gasteiger partial charge in [-0.05, 0) is 36.4 Å². The van der Waals surface area contributed by atoms with E-state index in [1.807, 2.05) is 0 Å². The quantitative estimate of drug-likeness (QED) is 0.728. The summed E-state index contributed by atoms with van der Waals surface area (Å²) in [5.74, 6) is -0.479. The van der Waals surface area contributed by atoms with Gasteiger partial charge in [0.25, 0.3) is 11.8 Å². The van der Waals surface area contributed by atoms with Crippen LogP contribution in [0.3, 0.4) is 0 Å². The Morgan fingerprint density at radius 2 is 1.74 bits per heavy atom. The predicted molar refractivity (Wildman–Crippen MR) is 80.6 cm³/mol. The van der Waals surface area contributed by atoms with E-state index in [0.717, 1.165) is 0 Å². The van der Waals surface area contributed by atoms with Crippen LogP contribution in [0.5, 0.6) is 17.2 Å². The summed E-state index contributed by atoms with van der Waals surface area (Å²) in [4.78, 5) is 24.0. The van der Waals surface area contributed by atoms with Crippen molar-refractivity contribution in [2.75, 3.05) is 6.79 Å². The van der Waals surface area contributed by atoms with Crippen LogP contribution < -0.4 is 20.3 Å². The van der Waals surface area contributed by atoms with E-state index in [-0.39, 0.29) is 28.7 Å². The molecule has 0 aliphatic carbocycles. The van der Waals surface area contributed by atoms with Crippen molar-refractivity contribution in [2.45, 2.75) is 0 Å². The first-order valence-corrected chi connectivity index (χ1v) is 6.91. The highest BCUT2D eigenvalue weighted by atomic mass is 35.5. The molecule has 8 heteroatoms. The van der Waals surface area contributed by atoms with Crippen molar-refractivity contribution < 1.29 is 24.2 Å². The number of phenolic OH excluding ortho intramolecular Hbond substituents is 1. The van der Waals surface area contributed by atoms with E-state index in [1.54, 1.807) is 6.07 Å². The number of hydrogen-bond donors (Lipinski definition) is 3. The lowest BCUT2D eigenvalue weighted by molar-refractivity contribution is 0.0845. The van der Waals surface area contributed by atoms with Gasteiger partial charge < -0.3 is 14.6 Å². The summed E-state index contributed by atoms with van der Waals surface area (Å²) in [6.45, 7) is 0.102. The Morgan fingerprint density at radius 1 is 1.00 bits per heavy atom. The number of fused-ring (bicyclic) bond motifs is 1. The third-order valence-electron chi connectivity index (χ3n) is 3.13. The molecule has 0 unspecified atom stereocenters. The summed E-state index contributed by atoms with van der Waals surface area (Å²) in [5, 5.41) is 9.92. The lowest BCUT2D eigenvalue weighted by Gasteiger charge is -2.09. The molecule has 0 bridgehead atoms. The fraction of sp³-hybridized carbons (Fsp3) is 0.0667. The molecule has 0 saturated carbocycles. The van der Waals surface area contributed by atoms with Crippen molar-refractivity contribution in [1.29, 1.82) is 0 Å². The predicted octanol–water partition coefficient (Wildman–Crippen LogP) is 1.85. The standard InChI is InChI=1S/C15H11ClN2O5/c16-9-2-3-11(19)10(6-9)15(21)18-17-14(20)8-1-4-12-13(5-8)23-7-22-12/h1-6,19H,7H2,(H,17,20)(H,18,21). The molecule has 2 aromatic carbocycles. The van der Waals surface area contributed by atoms with Crippen LogP contribution in [0.15, 0.2) is 36.4 Å². The lowest BCUT2D eigenvalue weighted by atomic mass is 10.2. The maximum Gasteiger partial charge on any atom is 0.273 e. The van der Waals surface area contributed by atoms with Crippen LogP contribution in [-0.2, 0) is 0 Å². The van der Waals surface area contributed by atoms with Crippen LogP contribution in [0, 0.1) is 0 Å². The number of amides is 2. The zero-order valence-electron chi connectivity index (χ0n) is 11.6. The number of ether oxygens (including phenoxy) is 2. The molecule has 1 aliphatic heterocycles. The van der Waals surface area contributed by atoms with Crippen LogP contribution in [0.2, 0.25) is 5.02 Å². The smallest absolute Gasteiger partial charge is 0.273 e. The summed E-state index contributed by atoms with van der Waals surface area (Å²) in [6, 6.07) is 8.66. The first-order chi connectivity index (χ1) is 11.0. The summed E-state index contributed by atoms with van der Waals surface area (Å²) in [5.41, 5.74) is 4.68. The van der Waals surface area contributed by atoms with Crippen LogP contribution in [0.25, 0.3) is 0 Å². The summed E-state index contributed by atoms with van der Waals surface area (Å²) in [7, 11) is 0. The number of halogens is 1. The fourth-order valence-electron chi connectivity index (χ4n) is 1.98. The van der Waals surface area contributed by atoms with E-state index < -0.39 is 11.8 Å². The average molecular weight is 335 g/mol.